The van der Waals surface area contributed by atoms with E-state index in [1.54, 1.807) is 25.1 Å². The molecule has 0 heterocycles. The molecule has 0 N–H and O–H groups in total. The van der Waals surface area contributed by atoms with Gasteiger partial charge in [-0.1, -0.05) is 30.4 Å². The zero-order chi connectivity index (χ0) is 10.6. The van der Waals surface area contributed by atoms with Crippen molar-refractivity contribution in [2.45, 2.75) is 11.8 Å². The second kappa shape index (κ2) is 6.14. The van der Waals surface area contributed by atoms with Gasteiger partial charge in [0.15, 0.2) is 0 Å². The van der Waals surface area contributed by atoms with Crippen LogP contribution in [0.1, 0.15) is 6.92 Å². The van der Waals surface area contributed by atoms with E-state index in [9.17, 15) is 8.42 Å². The Kier molecular flexibility index (Phi) is 5.92. The molecule has 0 amide bonds. The van der Waals surface area contributed by atoms with Crippen molar-refractivity contribution in [3.8, 4) is 0 Å². The van der Waals surface area contributed by atoms with Crippen LogP contribution in [-0.4, -0.2) is 33.9 Å². The standard InChI is InChI=1S/C10H12O3S.Li.H/c1-9(2)8-13-14(11,12)10-6-4-3-5-7-10;;/h3-7H,1,8H2,2H3;;. The Morgan fingerprint density at radius 2 is 1.87 bits per heavy atom. The summed E-state index contributed by atoms with van der Waals surface area (Å²) in [5.41, 5.74) is 0.671. The van der Waals surface area contributed by atoms with Gasteiger partial charge in [-0.05, 0) is 19.1 Å². The maximum atomic E-state index is 11.5. The normalized spacial score (nSPS) is 10.5. The Hall–Kier alpha value is -0.533. The predicted octanol–water partition coefficient (Wildman–Crippen LogP) is 1.32. The number of hydrogen-bond donors (Lipinski definition) is 0. The van der Waals surface area contributed by atoms with Gasteiger partial charge in [0.25, 0.3) is 10.1 Å². The molecule has 3 nitrogen and oxygen atoms in total. The van der Waals surface area contributed by atoms with Crippen LogP contribution in [0.4, 0.5) is 0 Å². The van der Waals surface area contributed by atoms with Crippen molar-refractivity contribution in [1.82, 2.24) is 0 Å². The fourth-order valence-electron chi connectivity index (χ4n) is 0.833. The van der Waals surface area contributed by atoms with Crippen molar-refractivity contribution in [3.05, 3.63) is 42.5 Å². The third-order valence-corrected chi connectivity index (χ3v) is 2.77. The van der Waals surface area contributed by atoms with E-state index in [1.165, 1.54) is 12.1 Å². The van der Waals surface area contributed by atoms with E-state index in [-0.39, 0.29) is 30.4 Å². The van der Waals surface area contributed by atoms with E-state index in [4.69, 9.17) is 4.18 Å². The maximum absolute atomic E-state index is 11.5. The molecule has 0 atom stereocenters. The van der Waals surface area contributed by atoms with Crippen molar-refractivity contribution in [2.75, 3.05) is 6.61 Å². The zero-order valence-corrected chi connectivity index (χ0v) is 8.75. The molecule has 1 rings (SSSR count). The van der Waals surface area contributed by atoms with Gasteiger partial charge in [-0.15, -0.1) is 0 Å². The predicted molar refractivity (Wildman–Crippen MR) is 61.5 cm³/mol. The summed E-state index contributed by atoms with van der Waals surface area (Å²) in [7, 11) is -3.62. The summed E-state index contributed by atoms with van der Waals surface area (Å²) in [5, 5.41) is 0. The molecular weight excluding hydrogens is 207 g/mol. The van der Waals surface area contributed by atoms with Gasteiger partial charge >= 0.3 is 18.9 Å². The summed E-state index contributed by atoms with van der Waals surface area (Å²) >= 11 is 0. The molecule has 0 aliphatic carbocycles. The first kappa shape index (κ1) is 14.5. The molecule has 5 heteroatoms. The van der Waals surface area contributed by atoms with Crippen LogP contribution in [0.15, 0.2) is 47.4 Å². The summed E-state index contributed by atoms with van der Waals surface area (Å²) in [5.74, 6) is 0. The van der Waals surface area contributed by atoms with Gasteiger partial charge in [0, 0.05) is 0 Å². The third-order valence-electron chi connectivity index (χ3n) is 1.49. The van der Waals surface area contributed by atoms with Crippen LogP contribution >= 0.6 is 0 Å². The first-order chi connectivity index (χ1) is 6.52. The topological polar surface area (TPSA) is 43.4 Å². The molecule has 0 saturated heterocycles. The molecule has 0 aliphatic rings. The Bertz CT molecular complexity index is 412. The van der Waals surface area contributed by atoms with E-state index in [0.717, 1.165) is 0 Å². The average Bonchev–Trinajstić information content (AvgIpc) is 2.16. The van der Waals surface area contributed by atoms with Gasteiger partial charge in [0.05, 0.1) is 11.5 Å². The Morgan fingerprint density at radius 1 is 1.33 bits per heavy atom. The number of benzene rings is 1. The summed E-state index contributed by atoms with van der Waals surface area (Å²) in [6.07, 6.45) is 0. The van der Waals surface area contributed by atoms with Crippen LogP contribution in [0.3, 0.4) is 0 Å². The van der Waals surface area contributed by atoms with Gasteiger partial charge in [0.1, 0.15) is 0 Å². The number of hydrogen-bond acceptors (Lipinski definition) is 3. The van der Waals surface area contributed by atoms with E-state index in [0.29, 0.717) is 5.57 Å². The molecule has 1 aromatic rings. The van der Waals surface area contributed by atoms with E-state index in [2.05, 4.69) is 6.58 Å². The first-order valence-electron chi connectivity index (χ1n) is 4.11. The van der Waals surface area contributed by atoms with Crippen LogP contribution in [0.5, 0.6) is 0 Å². The minimum atomic E-state index is -3.62. The van der Waals surface area contributed by atoms with Crippen molar-refractivity contribution in [3.63, 3.8) is 0 Å². The van der Waals surface area contributed by atoms with E-state index < -0.39 is 10.1 Å². The molecule has 0 bridgehead atoms. The zero-order valence-electron chi connectivity index (χ0n) is 7.93. The molecule has 0 unspecified atom stereocenters. The second-order valence-electron chi connectivity index (χ2n) is 2.99. The second-order valence-corrected chi connectivity index (χ2v) is 4.60. The van der Waals surface area contributed by atoms with Crippen molar-refractivity contribution in [2.24, 2.45) is 0 Å². The SMILES string of the molecule is C=C(C)COS(=O)(=O)c1ccccc1.[LiH]. The van der Waals surface area contributed by atoms with Crippen LogP contribution in [0, 0.1) is 0 Å². The molecular formula is C10H13LiO3S. The average molecular weight is 220 g/mol. The molecule has 0 fully saturated rings. The van der Waals surface area contributed by atoms with Gasteiger partial charge in [-0.25, -0.2) is 0 Å². The van der Waals surface area contributed by atoms with Crippen LogP contribution in [0.25, 0.3) is 0 Å². The molecule has 0 spiro atoms. The minimum absolute atomic E-state index is 0. The molecule has 78 valence electrons. The monoisotopic (exact) mass is 220 g/mol. The van der Waals surface area contributed by atoms with Gasteiger partial charge < -0.3 is 0 Å². The van der Waals surface area contributed by atoms with Crippen molar-refractivity contribution in [1.29, 1.82) is 0 Å². The number of rotatable bonds is 4. The van der Waals surface area contributed by atoms with Gasteiger partial charge in [0.2, 0.25) is 0 Å². The van der Waals surface area contributed by atoms with Gasteiger partial charge in [-0.2, -0.15) is 8.42 Å². The van der Waals surface area contributed by atoms with Gasteiger partial charge in [-0.3, -0.25) is 4.18 Å². The van der Waals surface area contributed by atoms with Crippen LogP contribution < -0.4 is 0 Å². The summed E-state index contributed by atoms with van der Waals surface area (Å²) in [6, 6.07) is 8.04. The Balaban J connectivity index is 0.00000196. The van der Waals surface area contributed by atoms with Crippen LogP contribution in [-0.2, 0) is 14.3 Å². The molecule has 0 radical (unpaired) electrons. The fourth-order valence-corrected chi connectivity index (χ4v) is 1.82. The quantitative estimate of drug-likeness (QED) is 0.436. The molecule has 0 aromatic heterocycles. The molecule has 0 aliphatic heterocycles. The summed E-state index contributed by atoms with van der Waals surface area (Å²) in [6.45, 7) is 5.30. The molecule has 1 aromatic carbocycles. The molecule has 0 saturated carbocycles. The third kappa shape index (κ3) is 4.67. The Labute approximate surface area is 102 Å². The van der Waals surface area contributed by atoms with Crippen molar-refractivity contribution < 1.29 is 12.6 Å². The van der Waals surface area contributed by atoms with E-state index in [1.807, 2.05) is 0 Å². The summed E-state index contributed by atoms with van der Waals surface area (Å²) in [4.78, 5) is 0.168. The molecule has 15 heavy (non-hydrogen) atoms. The van der Waals surface area contributed by atoms with Crippen molar-refractivity contribution >= 4 is 29.0 Å². The fraction of sp³-hybridized carbons (Fsp3) is 0.200. The first-order valence-corrected chi connectivity index (χ1v) is 5.52. The summed E-state index contributed by atoms with van der Waals surface area (Å²) < 4.78 is 27.7. The Morgan fingerprint density at radius 3 is 2.33 bits per heavy atom. The van der Waals surface area contributed by atoms with E-state index >= 15 is 0 Å². The van der Waals surface area contributed by atoms with Crippen LogP contribution in [0.2, 0.25) is 0 Å².